The molecule has 1 aromatic rings. The molecule has 0 N–H and O–H groups in total. The van der Waals surface area contributed by atoms with Crippen LogP contribution in [0.3, 0.4) is 0 Å². The van der Waals surface area contributed by atoms with E-state index in [-0.39, 0.29) is 5.91 Å². The molecule has 1 fully saturated rings. The molecule has 1 aliphatic rings. The molecule has 1 aromatic heterocycles. The first-order chi connectivity index (χ1) is 8.20. The van der Waals surface area contributed by atoms with Gasteiger partial charge in [0.1, 0.15) is 11.9 Å². The zero-order chi connectivity index (χ0) is 12.3. The van der Waals surface area contributed by atoms with Crippen LogP contribution >= 0.6 is 0 Å². The number of aromatic nitrogens is 2. The number of nitriles is 1. The van der Waals surface area contributed by atoms with Crippen LogP contribution in [0.15, 0.2) is 12.4 Å². The molecule has 0 atom stereocenters. The molecule has 0 spiro atoms. The van der Waals surface area contributed by atoms with Crippen molar-refractivity contribution in [3.05, 3.63) is 18.1 Å². The number of anilines is 1. The Balaban J connectivity index is 2.00. The van der Waals surface area contributed by atoms with E-state index in [1.807, 2.05) is 11.0 Å². The van der Waals surface area contributed by atoms with E-state index in [0.717, 1.165) is 18.9 Å². The highest BCUT2D eigenvalue weighted by Crippen LogP contribution is 2.12. The number of carbonyl (C=O) groups is 1. The van der Waals surface area contributed by atoms with Crippen LogP contribution < -0.4 is 4.90 Å². The third-order valence-electron chi connectivity index (χ3n) is 2.80. The number of nitrogens with zero attached hydrogens (tertiary/aromatic N) is 5. The molecule has 2 heterocycles. The largest absolute Gasteiger partial charge is 0.352 e. The van der Waals surface area contributed by atoms with Crippen LogP contribution in [0, 0.1) is 11.3 Å². The molecule has 1 amide bonds. The van der Waals surface area contributed by atoms with Gasteiger partial charge in [0.15, 0.2) is 5.69 Å². The summed E-state index contributed by atoms with van der Waals surface area (Å²) in [7, 11) is 0. The second kappa shape index (κ2) is 4.78. The van der Waals surface area contributed by atoms with Gasteiger partial charge in [-0.05, 0) is 0 Å². The predicted octanol–water partition coefficient (Wildman–Crippen LogP) is 0.0168. The molecule has 0 radical (unpaired) electrons. The van der Waals surface area contributed by atoms with Crippen LogP contribution in [-0.2, 0) is 4.79 Å². The average Bonchev–Trinajstić information content (AvgIpc) is 2.39. The Kier molecular flexibility index (Phi) is 3.19. The Morgan fingerprint density at radius 2 is 2.00 bits per heavy atom. The van der Waals surface area contributed by atoms with Crippen molar-refractivity contribution >= 4 is 11.7 Å². The fourth-order valence-electron chi connectivity index (χ4n) is 1.79. The van der Waals surface area contributed by atoms with Crippen molar-refractivity contribution in [2.24, 2.45) is 0 Å². The van der Waals surface area contributed by atoms with Gasteiger partial charge in [0.2, 0.25) is 5.91 Å². The minimum Gasteiger partial charge on any atom is -0.352 e. The lowest BCUT2D eigenvalue weighted by atomic mass is 10.3. The van der Waals surface area contributed by atoms with Gasteiger partial charge in [-0.1, -0.05) is 0 Å². The number of hydrogen-bond donors (Lipinski definition) is 0. The van der Waals surface area contributed by atoms with Gasteiger partial charge in [0.25, 0.3) is 0 Å². The molecule has 0 saturated carbocycles. The molecule has 6 heteroatoms. The Morgan fingerprint density at radius 1 is 1.29 bits per heavy atom. The maximum Gasteiger partial charge on any atom is 0.219 e. The van der Waals surface area contributed by atoms with Crippen LogP contribution in [-0.4, -0.2) is 47.0 Å². The normalized spacial score (nSPS) is 15.5. The molecule has 17 heavy (non-hydrogen) atoms. The lowest BCUT2D eigenvalue weighted by molar-refractivity contribution is -0.129. The Bertz CT molecular complexity index is 442. The molecule has 1 aliphatic heterocycles. The Hall–Kier alpha value is -2.16. The van der Waals surface area contributed by atoms with Crippen molar-refractivity contribution in [3.63, 3.8) is 0 Å². The van der Waals surface area contributed by atoms with E-state index in [2.05, 4.69) is 14.9 Å². The van der Waals surface area contributed by atoms with Gasteiger partial charge in [-0.2, -0.15) is 5.26 Å². The van der Waals surface area contributed by atoms with Gasteiger partial charge in [0, 0.05) is 33.1 Å². The number of amides is 1. The summed E-state index contributed by atoms with van der Waals surface area (Å²) in [6, 6.07) is 1.93. The highest BCUT2D eigenvalue weighted by atomic mass is 16.2. The lowest BCUT2D eigenvalue weighted by Crippen LogP contribution is -2.48. The van der Waals surface area contributed by atoms with Crippen LogP contribution in [0.4, 0.5) is 5.82 Å². The topological polar surface area (TPSA) is 73.1 Å². The summed E-state index contributed by atoms with van der Waals surface area (Å²) in [5.41, 5.74) is 0.316. The fourth-order valence-corrected chi connectivity index (χ4v) is 1.79. The number of piperazine rings is 1. The SMILES string of the molecule is CC(=O)N1CCN(c2cnc(C#N)cn2)CC1. The summed E-state index contributed by atoms with van der Waals surface area (Å²) < 4.78 is 0. The first-order valence-corrected chi connectivity index (χ1v) is 5.43. The summed E-state index contributed by atoms with van der Waals surface area (Å²) in [5.74, 6) is 0.864. The van der Waals surface area contributed by atoms with Gasteiger partial charge < -0.3 is 9.80 Å². The fraction of sp³-hybridized carbons (Fsp3) is 0.455. The third-order valence-corrected chi connectivity index (χ3v) is 2.80. The van der Waals surface area contributed by atoms with Crippen molar-refractivity contribution in [3.8, 4) is 6.07 Å². The quantitative estimate of drug-likeness (QED) is 0.681. The minimum absolute atomic E-state index is 0.107. The van der Waals surface area contributed by atoms with Crippen molar-refractivity contribution < 1.29 is 4.79 Å². The average molecular weight is 231 g/mol. The standard InChI is InChI=1S/C11H13N5O/c1-9(17)15-2-4-16(5-3-15)11-8-13-10(6-12)7-14-11/h7-8H,2-5H2,1H3. The zero-order valence-corrected chi connectivity index (χ0v) is 9.63. The van der Waals surface area contributed by atoms with Crippen molar-refractivity contribution in [2.75, 3.05) is 31.1 Å². The molecule has 2 rings (SSSR count). The second-order valence-electron chi connectivity index (χ2n) is 3.86. The maximum atomic E-state index is 11.2. The van der Waals surface area contributed by atoms with E-state index in [1.54, 1.807) is 13.1 Å². The zero-order valence-electron chi connectivity index (χ0n) is 9.63. The lowest BCUT2D eigenvalue weighted by Gasteiger charge is -2.34. The summed E-state index contributed by atoms with van der Waals surface area (Å²) >= 11 is 0. The van der Waals surface area contributed by atoms with Crippen LogP contribution in [0.25, 0.3) is 0 Å². The van der Waals surface area contributed by atoms with E-state index in [0.29, 0.717) is 18.8 Å². The molecular formula is C11H13N5O. The number of carbonyl (C=O) groups excluding carboxylic acids is 1. The van der Waals surface area contributed by atoms with E-state index in [1.165, 1.54) is 6.20 Å². The Morgan fingerprint density at radius 3 is 2.47 bits per heavy atom. The summed E-state index contributed by atoms with van der Waals surface area (Å²) in [6.07, 6.45) is 3.06. The molecule has 0 unspecified atom stereocenters. The van der Waals surface area contributed by atoms with E-state index < -0.39 is 0 Å². The van der Waals surface area contributed by atoms with Gasteiger partial charge in [-0.15, -0.1) is 0 Å². The molecule has 1 saturated heterocycles. The van der Waals surface area contributed by atoms with Gasteiger partial charge in [-0.25, -0.2) is 9.97 Å². The molecule has 6 nitrogen and oxygen atoms in total. The van der Waals surface area contributed by atoms with Crippen LogP contribution in [0.1, 0.15) is 12.6 Å². The summed E-state index contributed by atoms with van der Waals surface area (Å²) in [5, 5.41) is 8.62. The van der Waals surface area contributed by atoms with Gasteiger partial charge in [-0.3, -0.25) is 4.79 Å². The van der Waals surface area contributed by atoms with Crippen LogP contribution in [0.2, 0.25) is 0 Å². The summed E-state index contributed by atoms with van der Waals surface area (Å²) in [4.78, 5) is 23.2. The van der Waals surface area contributed by atoms with E-state index >= 15 is 0 Å². The smallest absolute Gasteiger partial charge is 0.219 e. The monoisotopic (exact) mass is 231 g/mol. The predicted molar refractivity (Wildman–Crippen MR) is 61.2 cm³/mol. The molecule has 0 aromatic carbocycles. The maximum absolute atomic E-state index is 11.2. The molecule has 0 aliphatic carbocycles. The molecular weight excluding hydrogens is 218 g/mol. The van der Waals surface area contributed by atoms with E-state index in [9.17, 15) is 4.79 Å². The van der Waals surface area contributed by atoms with E-state index in [4.69, 9.17) is 5.26 Å². The molecule has 88 valence electrons. The van der Waals surface area contributed by atoms with Crippen LogP contribution in [0.5, 0.6) is 0 Å². The first kappa shape index (κ1) is 11.3. The molecule has 0 bridgehead atoms. The Labute approximate surface area is 99.5 Å². The van der Waals surface area contributed by atoms with Gasteiger partial charge >= 0.3 is 0 Å². The minimum atomic E-state index is 0.107. The van der Waals surface area contributed by atoms with Crippen molar-refractivity contribution in [2.45, 2.75) is 6.92 Å². The summed E-state index contributed by atoms with van der Waals surface area (Å²) in [6.45, 7) is 4.49. The van der Waals surface area contributed by atoms with Crippen molar-refractivity contribution in [1.82, 2.24) is 14.9 Å². The van der Waals surface area contributed by atoms with Gasteiger partial charge in [0.05, 0.1) is 12.4 Å². The third kappa shape index (κ3) is 2.50. The van der Waals surface area contributed by atoms with Crippen molar-refractivity contribution in [1.29, 1.82) is 5.26 Å². The highest BCUT2D eigenvalue weighted by molar-refractivity contribution is 5.73. The number of rotatable bonds is 1. The highest BCUT2D eigenvalue weighted by Gasteiger charge is 2.19. The number of hydrogen-bond acceptors (Lipinski definition) is 5. The second-order valence-corrected chi connectivity index (χ2v) is 3.86. The first-order valence-electron chi connectivity index (χ1n) is 5.43.